The van der Waals surface area contributed by atoms with Crippen LogP contribution < -0.4 is 4.74 Å². The third kappa shape index (κ3) is 2.02. The molecule has 4 nitrogen and oxygen atoms in total. The topological polar surface area (TPSA) is 48.1 Å². The highest BCUT2D eigenvalue weighted by molar-refractivity contribution is 6.01. The summed E-state index contributed by atoms with van der Waals surface area (Å²) in [5.74, 6) is 0.868. The maximum absolute atomic E-state index is 12.1. The molecule has 0 radical (unpaired) electrons. The van der Waals surface area contributed by atoms with E-state index in [4.69, 9.17) is 14.2 Å². The number of rotatable bonds is 3. The summed E-state index contributed by atoms with van der Waals surface area (Å²) in [5.41, 5.74) is 2.72. The highest BCUT2D eigenvalue weighted by atomic mass is 16.6. The second-order valence-corrected chi connectivity index (χ2v) is 4.80. The molecule has 4 heteroatoms. The summed E-state index contributed by atoms with van der Waals surface area (Å²) < 4.78 is 16.0. The van der Waals surface area contributed by atoms with Crippen molar-refractivity contribution in [2.24, 2.45) is 0 Å². The average molecular weight is 248 g/mol. The monoisotopic (exact) mass is 248 g/mol. The number of Topliss-reactive ketones (excluding diaryl/α,β-unsaturated/α-hetero) is 1. The SMILES string of the molecule is COc1cc2c(cc1CC1CO1)C(=O)C(C)OC2. The molecular weight excluding hydrogens is 232 g/mol. The number of ketones is 1. The normalized spacial score (nSPS) is 25.8. The highest BCUT2D eigenvalue weighted by Crippen LogP contribution is 2.31. The first-order valence-electron chi connectivity index (χ1n) is 6.16. The van der Waals surface area contributed by atoms with Crippen molar-refractivity contribution in [3.05, 3.63) is 28.8 Å². The number of fused-ring (bicyclic) bond motifs is 1. The molecule has 0 N–H and O–H groups in total. The number of ether oxygens (including phenoxy) is 3. The molecule has 1 saturated heterocycles. The van der Waals surface area contributed by atoms with E-state index in [1.54, 1.807) is 14.0 Å². The lowest BCUT2D eigenvalue weighted by Gasteiger charge is -2.23. The summed E-state index contributed by atoms with van der Waals surface area (Å²) in [7, 11) is 1.65. The van der Waals surface area contributed by atoms with Gasteiger partial charge in [0.25, 0.3) is 0 Å². The summed E-state index contributed by atoms with van der Waals surface area (Å²) in [5, 5.41) is 0. The van der Waals surface area contributed by atoms with Crippen molar-refractivity contribution in [2.45, 2.75) is 32.2 Å². The van der Waals surface area contributed by atoms with Crippen molar-refractivity contribution in [2.75, 3.05) is 13.7 Å². The van der Waals surface area contributed by atoms with Crippen LogP contribution in [0.15, 0.2) is 12.1 Å². The molecule has 2 aliphatic heterocycles. The van der Waals surface area contributed by atoms with E-state index in [1.807, 2.05) is 12.1 Å². The Morgan fingerprint density at radius 1 is 1.39 bits per heavy atom. The van der Waals surface area contributed by atoms with E-state index in [9.17, 15) is 4.79 Å². The summed E-state index contributed by atoms with van der Waals surface area (Å²) in [6, 6.07) is 3.86. The molecular formula is C14H16O4. The standard InChI is InChI=1S/C14H16O4/c1-8-14(15)12-4-9(3-11-7-18-11)13(16-2)5-10(12)6-17-8/h4-5,8,11H,3,6-7H2,1-2H3. The summed E-state index contributed by atoms with van der Waals surface area (Å²) in [6.07, 6.45) is 0.735. The minimum atomic E-state index is -0.351. The predicted molar refractivity (Wildman–Crippen MR) is 65.0 cm³/mol. The first-order valence-corrected chi connectivity index (χ1v) is 6.16. The third-order valence-electron chi connectivity index (χ3n) is 3.48. The maximum Gasteiger partial charge on any atom is 0.191 e. The van der Waals surface area contributed by atoms with Gasteiger partial charge >= 0.3 is 0 Å². The summed E-state index contributed by atoms with van der Waals surface area (Å²) >= 11 is 0. The van der Waals surface area contributed by atoms with Crippen molar-refractivity contribution in [3.63, 3.8) is 0 Å². The van der Waals surface area contributed by atoms with E-state index in [0.29, 0.717) is 6.61 Å². The van der Waals surface area contributed by atoms with Crippen LogP contribution in [0.2, 0.25) is 0 Å². The van der Waals surface area contributed by atoms with Crippen LogP contribution in [0.25, 0.3) is 0 Å². The first-order chi connectivity index (χ1) is 8.69. The molecule has 0 bridgehead atoms. The lowest BCUT2D eigenvalue weighted by atomic mass is 9.94. The fourth-order valence-electron chi connectivity index (χ4n) is 2.31. The van der Waals surface area contributed by atoms with Gasteiger partial charge in [0.05, 0.1) is 26.4 Å². The summed E-state index contributed by atoms with van der Waals surface area (Å²) in [4.78, 5) is 12.1. The lowest BCUT2D eigenvalue weighted by molar-refractivity contribution is 0.0335. The molecule has 2 unspecified atom stereocenters. The smallest absolute Gasteiger partial charge is 0.191 e. The highest BCUT2D eigenvalue weighted by Gasteiger charge is 2.29. The largest absolute Gasteiger partial charge is 0.496 e. The van der Waals surface area contributed by atoms with Crippen molar-refractivity contribution >= 4 is 5.78 Å². The first kappa shape index (κ1) is 11.7. The number of benzene rings is 1. The number of epoxide rings is 1. The molecule has 1 aromatic carbocycles. The van der Waals surface area contributed by atoms with Gasteiger partial charge < -0.3 is 14.2 Å². The lowest BCUT2D eigenvalue weighted by Crippen LogP contribution is -2.27. The van der Waals surface area contributed by atoms with E-state index in [2.05, 4.69) is 0 Å². The molecule has 2 aliphatic rings. The van der Waals surface area contributed by atoms with E-state index < -0.39 is 0 Å². The van der Waals surface area contributed by atoms with Gasteiger partial charge in [0.15, 0.2) is 5.78 Å². The van der Waals surface area contributed by atoms with Crippen LogP contribution in [0, 0.1) is 0 Å². The Bertz CT molecular complexity index is 491. The second-order valence-electron chi connectivity index (χ2n) is 4.80. The van der Waals surface area contributed by atoms with Gasteiger partial charge in [-0.05, 0) is 30.2 Å². The molecule has 0 saturated carbocycles. The Morgan fingerprint density at radius 2 is 2.17 bits per heavy atom. The molecule has 1 aromatic rings. The molecule has 0 amide bonds. The van der Waals surface area contributed by atoms with Gasteiger partial charge in [0.2, 0.25) is 0 Å². The fraction of sp³-hybridized carbons (Fsp3) is 0.500. The Balaban J connectivity index is 2.01. The van der Waals surface area contributed by atoms with Gasteiger partial charge in [-0.1, -0.05) is 0 Å². The van der Waals surface area contributed by atoms with E-state index >= 15 is 0 Å². The van der Waals surface area contributed by atoms with Crippen LogP contribution in [-0.2, 0) is 22.5 Å². The van der Waals surface area contributed by atoms with Crippen LogP contribution in [0.4, 0.5) is 0 Å². The predicted octanol–water partition coefficient (Wildman–Crippen LogP) is 1.74. The van der Waals surface area contributed by atoms with Gasteiger partial charge in [-0.2, -0.15) is 0 Å². The second kappa shape index (κ2) is 4.37. The average Bonchev–Trinajstić information content (AvgIpc) is 3.18. The van der Waals surface area contributed by atoms with E-state index in [-0.39, 0.29) is 18.0 Å². The molecule has 18 heavy (non-hydrogen) atoms. The Kier molecular flexibility index (Phi) is 2.84. The van der Waals surface area contributed by atoms with Crippen molar-refractivity contribution in [1.82, 2.24) is 0 Å². The minimum absolute atomic E-state index is 0.0527. The van der Waals surface area contributed by atoms with Crippen LogP contribution in [0.1, 0.15) is 28.4 Å². The number of hydrogen-bond donors (Lipinski definition) is 0. The van der Waals surface area contributed by atoms with Crippen LogP contribution in [0.3, 0.4) is 0 Å². The van der Waals surface area contributed by atoms with Gasteiger partial charge in [0, 0.05) is 12.0 Å². The van der Waals surface area contributed by atoms with Crippen molar-refractivity contribution in [1.29, 1.82) is 0 Å². The molecule has 2 heterocycles. The molecule has 96 valence electrons. The fourth-order valence-corrected chi connectivity index (χ4v) is 2.31. The number of carbonyl (C=O) groups is 1. The zero-order chi connectivity index (χ0) is 12.7. The van der Waals surface area contributed by atoms with E-state index in [1.165, 1.54) is 0 Å². The Labute approximate surface area is 106 Å². The number of carbonyl (C=O) groups excluding carboxylic acids is 1. The van der Waals surface area contributed by atoms with Crippen molar-refractivity contribution < 1.29 is 19.0 Å². The van der Waals surface area contributed by atoms with Crippen LogP contribution >= 0.6 is 0 Å². The molecule has 1 fully saturated rings. The van der Waals surface area contributed by atoms with Gasteiger partial charge in [0.1, 0.15) is 11.9 Å². The zero-order valence-corrected chi connectivity index (χ0v) is 10.6. The Hall–Kier alpha value is -1.39. The van der Waals surface area contributed by atoms with Crippen LogP contribution in [-0.4, -0.2) is 31.7 Å². The van der Waals surface area contributed by atoms with Crippen molar-refractivity contribution in [3.8, 4) is 5.75 Å². The minimum Gasteiger partial charge on any atom is -0.496 e. The van der Waals surface area contributed by atoms with Gasteiger partial charge in [-0.3, -0.25) is 4.79 Å². The molecule has 3 rings (SSSR count). The third-order valence-corrected chi connectivity index (χ3v) is 3.48. The zero-order valence-electron chi connectivity index (χ0n) is 10.6. The number of hydrogen-bond acceptors (Lipinski definition) is 4. The quantitative estimate of drug-likeness (QED) is 0.764. The summed E-state index contributed by atoms with van der Waals surface area (Å²) in [6.45, 7) is 3.06. The van der Waals surface area contributed by atoms with Gasteiger partial charge in [-0.25, -0.2) is 0 Å². The van der Waals surface area contributed by atoms with Gasteiger partial charge in [-0.15, -0.1) is 0 Å². The molecule has 0 aromatic heterocycles. The Morgan fingerprint density at radius 3 is 2.83 bits per heavy atom. The van der Waals surface area contributed by atoms with Crippen LogP contribution in [0.5, 0.6) is 5.75 Å². The molecule has 2 atom stereocenters. The maximum atomic E-state index is 12.1. The molecule has 0 aliphatic carbocycles. The molecule has 0 spiro atoms. The number of methoxy groups -OCH3 is 1. The van der Waals surface area contributed by atoms with E-state index in [0.717, 1.165) is 35.5 Å².